The molecule has 0 bridgehead atoms. The quantitative estimate of drug-likeness (QED) is 0.674. The summed E-state index contributed by atoms with van der Waals surface area (Å²) in [7, 11) is -4.18. The summed E-state index contributed by atoms with van der Waals surface area (Å²) in [5.74, 6) is -4.05. The first kappa shape index (κ1) is 22.3. The molecule has 11 heteroatoms. The highest BCUT2D eigenvalue weighted by molar-refractivity contribution is 7.89. The van der Waals surface area contributed by atoms with E-state index in [-0.39, 0.29) is 35.3 Å². The highest BCUT2D eigenvalue weighted by atomic mass is 35.5. The molecule has 7 nitrogen and oxygen atoms in total. The second kappa shape index (κ2) is 8.30. The smallest absolute Gasteiger partial charge is 0.374 e. The molecular weight excluding hydrogens is 394 g/mol. The number of alkyl halides is 2. The average Bonchev–Trinajstić information content (AvgIpc) is 2.90. The van der Waals surface area contributed by atoms with Crippen molar-refractivity contribution < 1.29 is 31.1 Å². The summed E-state index contributed by atoms with van der Waals surface area (Å²) in [6.07, 6.45) is 0. The minimum Gasteiger partial charge on any atom is -0.460 e. The molecule has 0 saturated heterocycles. The SMILES string of the molecule is CCOC(=O)c1oc2ccc(S(=O)(=O)NCC(F)(F)CN)cc2c1C.Cl. The number of ether oxygens (including phenoxy) is 1. The summed E-state index contributed by atoms with van der Waals surface area (Å²) in [5, 5.41) is 0.372. The summed E-state index contributed by atoms with van der Waals surface area (Å²) < 4.78 is 62.8. The summed E-state index contributed by atoms with van der Waals surface area (Å²) in [6.45, 7) is 1.29. The third-order valence-electron chi connectivity index (χ3n) is 3.50. The van der Waals surface area contributed by atoms with Gasteiger partial charge in [0.05, 0.1) is 24.6 Å². The van der Waals surface area contributed by atoms with E-state index in [9.17, 15) is 22.0 Å². The number of sulfonamides is 1. The molecule has 26 heavy (non-hydrogen) atoms. The maximum absolute atomic E-state index is 13.2. The van der Waals surface area contributed by atoms with Crippen LogP contribution in [0.4, 0.5) is 8.78 Å². The molecule has 0 aliphatic carbocycles. The fraction of sp³-hybridized carbons (Fsp3) is 0.400. The first-order valence-corrected chi connectivity index (χ1v) is 8.87. The molecule has 3 N–H and O–H groups in total. The first-order chi connectivity index (χ1) is 11.6. The molecule has 1 aromatic carbocycles. The Balaban J connectivity index is 0.00000338. The molecule has 1 aromatic heterocycles. The molecule has 2 rings (SSSR count). The molecule has 0 amide bonds. The molecule has 146 valence electrons. The lowest BCUT2D eigenvalue weighted by Gasteiger charge is -2.14. The highest BCUT2D eigenvalue weighted by Gasteiger charge is 2.30. The van der Waals surface area contributed by atoms with Crippen molar-refractivity contribution in [2.24, 2.45) is 5.73 Å². The zero-order valence-corrected chi connectivity index (χ0v) is 15.7. The fourth-order valence-corrected chi connectivity index (χ4v) is 3.20. The van der Waals surface area contributed by atoms with Crippen molar-refractivity contribution in [3.05, 3.63) is 29.5 Å². The molecule has 0 unspecified atom stereocenters. The standard InChI is InChI=1S/C15H18F2N2O5S.ClH/c1-3-23-14(20)13-9(2)11-6-10(4-5-12(11)24-13)25(21,22)19-8-15(16,17)7-18;/h4-6,19H,3,7-8,18H2,1-2H3;1H. The number of esters is 1. The predicted molar refractivity (Wildman–Crippen MR) is 93.3 cm³/mol. The number of hydrogen-bond acceptors (Lipinski definition) is 6. The number of halogens is 3. The van der Waals surface area contributed by atoms with Gasteiger partial charge in [-0.2, -0.15) is 0 Å². The van der Waals surface area contributed by atoms with Gasteiger partial charge in [-0.3, -0.25) is 0 Å². The zero-order valence-electron chi connectivity index (χ0n) is 14.0. The molecule has 1 heterocycles. The van der Waals surface area contributed by atoms with Gasteiger partial charge in [0.15, 0.2) is 0 Å². The van der Waals surface area contributed by atoms with Crippen molar-refractivity contribution in [2.75, 3.05) is 19.7 Å². The van der Waals surface area contributed by atoms with Gasteiger partial charge < -0.3 is 14.9 Å². The van der Waals surface area contributed by atoms with E-state index in [4.69, 9.17) is 14.9 Å². The largest absolute Gasteiger partial charge is 0.460 e. The molecule has 0 saturated carbocycles. The lowest BCUT2D eigenvalue weighted by molar-refractivity contribution is 0.0170. The molecule has 0 fully saturated rings. The number of benzene rings is 1. The van der Waals surface area contributed by atoms with Crippen molar-refractivity contribution in [3.8, 4) is 0 Å². The first-order valence-electron chi connectivity index (χ1n) is 7.39. The van der Waals surface area contributed by atoms with Gasteiger partial charge in [-0.15, -0.1) is 12.4 Å². The van der Waals surface area contributed by atoms with Crippen LogP contribution >= 0.6 is 12.4 Å². The predicted octanol–water partition coefficient (Wildman–Crippen LogP) is 2.21. The van der Waals surface area contributed by atoms with Gasteiger partial charge in [0.1, 0.15) is 5.58 Å². The Morgan fingerprint density at radius 3 is 2.62 bits per heavy atom. The van der Waals surface area contributed by atoms with Crippen molar-refractivity contribution in [2.45, 2.75) is 24.7 Å². The van der Waals surface area contributed by atoms with Gasteiger partial charge in [-0.25, -0.2) is 26.7 Å². The van der Waals surface area contributed by atoms with Crippen LogP contribution in [0, 0.1) is 6.92 Å². The number of fused-ring (bicyclic) bond motifs is 1. The van der Waals surface area contributed by atoms with Gasteiger partial charge in [-0.1, -0.05) is 0 Å². The third kappa shape index (κ3) is 4.70. The van der Waals surface area contributed by atoms with Crippen molar-refractivity contribution in [1.29, 1.82) is 0 Å². The normalized spacial score (nSPS) is 12.0. The number of carbonyl (C=O) groups excluding carboxylic acids is 1. The van der Waals surface area contributed by atoms with Crippen LogP contribution in [0.5, 0.6) is 0 Å². The summed E-state index contributed by atoms with van der Waals surface area (Å²) >= 11 is 0. The van der Waals surface area contributed by atoms with Crippen LogP contribution in [-0.4, -0.2) is 40.0 Å². The van der Waals surface area contributed by atoms with Gasteiger partial charge in [-0.05, 0) is 32.0 Å². The summed E-state index contributed by atoms with van der Waals surface area (Å²) in [5.41, 5.74) is 5.57. The lowest BCUT2D eigenvalue weighted by Crippen LogP contribution is -2.41. The maximum Gasteiger partial charge on any atom is 0.374 e. The number of nitrogens with two attached hydrogens (primary N) is 1. The monoisotopic (exact) mass is 412 g/mol. The topological polar surface area (TPSA) is 112 Å². The van der Waals surface area contributed by atoms with Crippen LogP contribution in [-0.2, 0) is 14.8 Å². The molecule has 0 spiro atoms. The van der Waals surface area contributed by atoms with Crippen LogP contribution < -0.4 is 10.5 Å². The molecule has 0 aliphatic heterocycles. The third-order valence-corrected chi connectivity index (χ3v) is 4.90. The lowest BCUT2D eigenvalue weighted by atomic mass is 10.1. The Bertz CT molecular complexity index is 899. The van der Waals surface area contributed by atoms with Crippen LogP contribution in [0.25, 0.3) is 11.0 Å². The molecule has 0 radical (unpaired) electrons. The van der Waals surface area contributed by atoms with Gasteiger partial charge in [0.2, 0.25) is 15.8 Å². The molecular formula is C15H19ClF2N2O5S. The second-order valence-corrected chi connectivity index (χ2v) is 7.09. The molecule has 2 aromatic rings. The van der Waals surface area contributed by atoms with Crippen LogP contribution in [0.15, 0.2) is 27.5 Å². The minimum atomic E-state index is -4.18. The summed E-state index contributed by atoms with van der Waals surface area (Å²) in [6, 6.07) is 3.80. The Morgan fingerprint density at radius 2 is 2.04 bits per heavy atom. The van der Waals surface area contributed by atoms with E-state index in [1.165, 1.54) is 18.2 Å². The summed E-state index contributed by atoms with van der Waals surface area (Å²) in [4.78, 5) is 11.6. The van der Waals surface area contributed by atoms with E-state index in [1.807, 2.05) is 4.72 Å². The number of furan rings is 1. The Hall–Kier alpha value is -1.75. The van der Waals surface area contributed by atoms with Gasteiger partial charge >= 0.3 is 5.97 Å². The van der Waals surface area contributed by atoms with Gasteiger partial charge in [0.25, 0.3) is 5.92 Å². The highest BCUT2D eigenvalue weighted by Crippen LogP contribution is 2.28. The minimum absolute atomic E-state index is 0. The van der Waals surface area contributed by atoms with E-state index in [0.717, 1.165) is 0 Å². The number of aryl methyl sites for hydroxylation is 1. The van der Waals surface area contributed by atoms with Crippen molar-refractivity contribution in [3.63, 3.8) is 0 Å². The van der Waals surface area contributed by atoms with Crippen LogP contribution in [0.3, 0.4) is 0 Å². The number of rotatable bonds is 7. The van der Waals surface area contributed by atoms with E-state index in [1.54, 1.807) is 13.8 Å². The van der Waals surface area contributed by atoms with E-state index in [2.05, 4.69) is 0 Å². The fourth-order valence-electron chi connectivity index (χ4n) is 2.11. The Morgan fingerprint density at radius 1 is 1.38 bits per heavy atom. The Kier molecular flexibility index (Phi) is 7.11. The average molecular weight is 413 g/mol. The molecule has 0 atom stereocenters. The molecule has 0 aliphatic rings. The van der Waals surface area contributed by atoms with Crippen LogP contribution in [0.1, 0.15) is 23.0 Å². The zero-order chi connectivity index (χ0) is 18.8. The number of carbonyl (C=O) groups is 1. The van der Waals surface area contributed by atoms with E-state index >= 15 is 0 Å². The second-order valence-electron chi connectivity index (χ2n) is 5.32. The van der Waals surface area contributed by atoms with Gasteiger partial charge in [0, 0.05) is 10.9 Å². The maximum atomic E-state index is 13.2. The van der Waals surface area contributed by atoms with E-state index in [0.29, 0.717) is 10.9 Å². The van der Waals surface area contributed by atoms with E-state index < -0.39 is 35.0 Å². The van der Waals surface area contributed by atoms with Crippen molar-refractivity contribution in [1.82, 2.24) is 4.72 Å². The van der Waals surface area contributed by atoms with Crippen LogP contribution in [0.2, 0.25) is 0 Å². The Labute approximate surface area is 155 Å². The number of hydrogen-bond donors (Lipinski definition) is 2. The number of nitrogens with one attached hydrogen (secondary N) is 1. The van der Waals surface area contributed by atoms with Crippen molar-refractivity contribution >= 4 is 39.4 Å².